The Morgan fingerprint density at radius 3 is 2.66 bits per heavy atom. The molecule has 5 heteroatoms. The standard InChI is InChI=1S/C27H23N3OS/c31-27-22(26(19-8-2-1-3-9-19)28-25-12-6-7-15-30(25)27)14-17-29-16-13-21-20-10-4-5-11-23(20)32-24(21)18-29/h1-12,15H,13-14,16-18H2. The maximum absolute atomic E-state index is 13.4. The Labute approximate surface area is 190 Å². The molecule has 0 amide bonds. The lowest BCUT2D eigenvalue weighted by atomic mass is 10.0. The Kier molecular flexibility index (Phi) is 4.86. The van der Waals surface area contributed by atoms with Gasteiger partial charge in [0, 0.05) is 46.5 Å². The molecule has 158 valence electrons. The highest BCUT2D eigenvalue weighted by Gasteiger charge is 2.22. The molecule has 0 saturated carbocycles. The molecule has 2 aromatic carbocycles. The van der Waals surface area contributed by atoms with Crippen LogP contribution in [0.2, 0.25) is 0 Å². The van der Waals surface area contributed by atoms with E-state index in [0.717, 1.165) is 42.9 Å². The molecule has 4 heterocycles. The van der Waals surface area contributed by atoms with Crippen LogP contribution in [0.25, 0.3) is 27.0 Å². The summed E-state index contributed by atoms with van der Waals surface area (Å²) < 4.78 is 3.05. The summed E-state index contributed by atoms with van der Waals surface area (Å²) in [6, 6.07) is 24.5. The summed E-state index contributed by atoms with van der Waals surface area (Å²) in [4.78, 5) is 22.2. The monoisotopic (exact) mass is 437 g/mol. The van der Waals surface area contributed by atoms with Gasteiger partial charge in [0.2, 0.25) is 0 Å². The maximum atomic E-state index is 13.4. The SMILES string of the molecule is O=c1c(CCN2CCc3c(sc4ccccc34)C2)c(-c2ccccc2)nc2ccccn12. The van der Waals surface area contributed by atoms with Crippen molar-refractivity contribution in [2.24, 2.45) is 0 Å². The van der Waals surface area contributed by atoms with Crippen molar-refractivity contribution in [2.45, 2.75) is 19.4 Å². The minimum Gasteiger partial charge on any atom is -0.298 e. The van der Waals surface area contributed by atoms with E-state index in [2.05, 4.69) is 29.2 Å². The number of nitrogens with zero attached hydrogens (tertiary/aromatic N) is 3. The molecule has 0 fully saturated rings. The van der Waals surface area contributed by atoms with Crippen LogP contribution in [0.4, 0.5) is 0 Å². The van der Waals surface area contributed by atoms with Crippen LogP contribution in [0, 0.1) is 0 Å². The van der Waals surface area contributed by atoms with Crippen molar-refractivity contribution in [3.63, 3.8) is 0 Å². The van der Waals surface area contributed by atoms with Crippen molar-refractivity contribution in [1.29, 1.82) is 0 Å². The van der Waals surface area contributed by atoms with Gasteiger partial charge in [0.05, 0.1) is 5.69 Å². The van der Waals surface area contributed by atoms with Crippen LogP contribution in [0.5, 0.6) is 0 Å². The van der Waals surface area contributed by atoms with Crippen molar-refractivity contribution in [1.82, 2.24) is 14.3 Å². The van der Waals surface area contributed by atoms with Crippen molar-refractivity contribution < 1.29 is 0 Å². The first-order chi connectivity index (χ1) is 15.8. The van der Waals surface area contributed by atoms with Gasteiger partial charge in [0.1, 0.15) is 5.65 Å². The molecule has 0 N–H and O–H groups in total. The fourth-order valence-electron chi connectivity index (χ4n) is 4.75. The Morgan fingerprint density at radius 1 is 0.938 bits per heavy atom. The van der Waals surface area contributed by atoms with Crippen molar-refractivity contribution >= 4 is 27.1 Å². The Morgan fingerprint density at radius 2 is 1.75 bits per heavy atom. The summed E-state index contributed by atoms with van der Waals surface area (Å²) >= 11 is 1.91. The van der Waals surface area contributed by atoms with Gasteiger partial charge in [-0.3, -0.25) is 14.1 Å². The second kappa shape index (κ2) is 8.01. The lowest BCUT2D eigenvalue weighted by Crippen LogP contribution is -2.33. The summed E-state index contributed by atoms with van der Waals surface area (Å²) in [5.41, 5.74) is 4.83. The molecule has 0 radical (unpaired) electrons. The Hall–Kier alpha value is -3.28. The molecule has 0 spiro atoms. The van der Waals surface area contributed by atoms with E-state index in [0.29, 0.717) is 12.1 Å². The van der Waals surface area contributed by atoms with E-state index in [1.807, 2.05) is 66.1 Å². The highest BCUT2D eigenvalue weighted by Crippen LogP contribution is 2.35. The van der Waals surface area contributed by atoms with Crippen LogP contribution < -0.4 is 5.56 Å². The van der Waals surface area contributed by atoms with Gasteiger partial charge in [-0.1, -0.05) is 54.6 Å². The molecular weight excluding hydrogens is 414 g/mol. The largest absolute Gasteiger partial charge is 0.298 e. The summed E-state index contributed by atoms with van der Waals surface area (Å²) in [5, 5.41) is 1.41. The molecule has 1 aliphatic rings. The molecule has 0 aliphatic carbocycles. The number of fused-ring (bicyclic) bond motifs is 4. The molecule has 0 bridgehead atoms. The van der Waals surface area contributed by atoms with Crippen LogP contribution in [-0.2, 0) is 19.4 Å². The van der Waals surface area contributed by atoms with Gasteiger partial charge < -0.3 is 0 Å². The highest BCUT2D eigenvalue weighted by atomic mass is 32.1. The van der Waals surface area contributed by atoms with Gasteiger partial charge in [-0.05, 0) is 42.0 Å². The number of rotatable bonds is 4. The van der Waals surface area contributed by atoms with E-state index in [9.17, 15) is 4.79 Å². The van der Waals surface area contributed by atoms with Gasteiger partial charge in [-0.25, -0.2) is 4.98 Å². The smallest absolute Gasteiger partial charge is 0.261 e. The van der Waals surface area contributed by atoms with E-state index in [4.69, 9.17) is 4.98 Å². The zero-order valence-electron chi connectivity index (χ0n) is 17.7. The number of pyridine rings is 1. The number of hydrogen-bond acceptors (Lipinski definition) is 4. The number of thiophene rings is 1. The third-order valence-corrected chi connectivity index (χ3v) is 7.58. The molecule has 32 heavy (non-hydrogen) atoms. The van der Waals surface area contributed by atoms with Gasteiger partial charge in [0.15, 0.2) is 0 Å². The van der Waals surface area contributed by atoms with Crippen molar-refractivity contribution in [3.05, 3.63) is 105 Å². The number of benzene rings is 2. The van der Waals surface area contributed by atoms with Crippen LogP contribution >= 0.6 is 11.3 Å². The first-order valence-electron chi connectivity index (χ1n) is 11.1. The lowest BCUT2D eigenvalue weighted by Gasteiger charge is -2.27. The normalized spacial score (nSPS) is 14.1. The molecule has 0 saturated heterocycles. The lowest BCUT2D eigenvalue weighted by molar-refractivity contribution is 0.261. The van der Waals surface area contributed by atoms with Gasteiger partial charge in [0.25, 0.3) is 5.56 Å². The molecule has 0 unspecified atom stereocenters. The molecule has 5 aromatic rings. The first-order valence-corrected chi connectivity index (χ1v) is 11.9. The summed E-state index contributed by atoms with van der Waals surface area (Å²) in [6.45, 7) is 2.83. The van der Waals surface area contributed by atoms with E-state index in [1.165, 1.54) is 20.5 Å². The fourth-order valence-corrected chi connectivity index (χ4v) is 6.05. The third kappa shape index (κ3) is 3.34. The molecule has 6 rings (SSSR count). The topological polar surface area (TPSA) is 37.6 Å². The van der Waals surface area contributed by atoms with Crippen LogP contribution in [0.1, 0.15) is 16.0 Å². The summed E-state index contributed by atoms with van der Waals surface area (Å²) in [6.07, 6.45) is 3.57. The second-order valence-corrected chi connectivity index (χ2v) is 9.45. The van der Waals surface area contributed by atoms with E-state index < -0.39 is 0 Å². The average Bonchev–Trinajstić information content (AvgIpc) is 3.22. The quantitative estimate of drug-likeness (QED) is 0.389. The minimum absolute atomic E-state index is 0.0361. The van der Waals surface area contributed by atoms with Crippen molar-refractivity contribution in [2.75, 3.05) is 13.1 Å². The third-order valence-electron chi connectivity index (χ3n) is 6.38. The van der Waals surface area contributed by atoms with Gasteiger partial charge in [-0.15, -0.1) is 11.3 Å². The maximum Gasteiger partial charge on any atom is 0.261 e. The van der Waals surface area contributed by atoms with Gasteiger partial charge >= 0.3 is 0 Å². The second-order valence-electron chi connectivity index (χ2n) is 8.32. The predicted octanol–water partition coefficient (Wildman–Crippen LogP) is 5.18. The minimum atomic E-state index is 0.0361. The van der Waals surface area contributed by atoms with Crippen LogP contribution in [0.3, 0.4) is 0 Å². The average molecular weight is 438 g/mol. The number of hydrogen-bond donors (Lipinski definition) is 0. The predicted molar refractivity (Wildman–Crippen MR) is 131 cm³/mol. The molecular formula is C27H23N3OS. The van der Waals surface area contributed by atoms with Crippen LogP contribution in [0.15, 0.2) is 83.8 Å². The Bertz CT molecular complexity index is 1490. The Balaban J connectivity index is 1.33. The summed E-state index contributed by atoms with van der Waals surface area (Å²) in [7, 11) is 0. The van der Waals surface area contributed by atoms with E-state index >= 15 is 0 Å². The summed E-state index contributed by atoms with van der Waals surface area (Å²) in [5.74, 6) is 0. The van der Waals surface area contributed by atoms with E-state index in [-0.39, 0.29) is 5.56 Å². The van der Waals surface area contributed by atoms with Gasteiger partial charge in [-0.2, -0.15) is 0 Å². The zero-order chi connectivity index (χ0) is 21.5. The van der Waals surface area contributed by atoms with Crippen molar-refractivity contribution in [3.8, 4) is 11.3 Å². The van der Waals surface area contributed by atoms with E-state index in [1.54, 1.807) is 4.40 Å². The molecule has 3 aromatic heterocycles. The number of aromatic nitrogens is 2. The zero-order valence-corrected chi connectivity index (χ0v) is 18.5. The molecule has 1 aliphatic heterocycles. The molecule has 4 nitrogen and oxygen atoms in total. The fraction of sp³-hybridized carbons (Fsp3) is 0.185. The first kappa shape index (κ1) is 19.4. The highest BCUT2D eigenvalue weighted by molar-refractivity contribution is 7.19. The molecule has 0 atom stereocenters. The van der Waals surface area contributed by atoms with Crippen LogP contribution in [-0.4, -0.2) is 27.4 Å².